The lowest BCUT2D eigenvalue weighted by molar-refractivity contribution is -0.127. The summed E-state index contributed by atoms with van der Waals surface area (Å²) < 4.78 is 7.26. The molecule has 0 aliphatic carbocycles. The molecule has 9 heteroatoms. The van der Waals surface area contributed by atoms with Crippen LogP contribution in [0.15, 0.2) is 28.2 Å². The number of unbranched alkanes of at least 4 members (excludes halogenated alkanes) is 2. The fraction of sp³-hybridized carbons (Fsp3) is 0.600. The van der Waals surface area contributed by atoms with Crippen LogP contribution in [0.2, 0.25) is 0 Å². The summed E-state index contributed by atoms with van der Waals surface area (Å²) >= 11 is 1.31. The van der Waals surface area contributed by atoms with Gasteiger partial charge in [0.05, 0.1) is 22.8 Å². The van der Waals surface area contributed by atoms with E-state index in [4.69, 9.17) is 9.72 Å². The highest BCUT2D eigenvalue weighted by atomic mass is 32.2. The molecule has 4 rings (SSSR count). The second-order valence-corrected chi connectivity index (χ2v) is 9.95. The Balaban J connectivity index is 1.56. The molecule has 2 aromatic rings. The number of hydrogen-bond acceptors (Lipinski definition) is 6. The van der Waals surface area contributed by atoms with E-state index in [-0.39, 0.29) is 29.2 Å². The van der Waals surface area contributed by atoms with Crippen LogP contribution in [0.4, 0.5) is 0 Å². The molecule has 3 heterocycles. The minimum absolute atomic E-state index is 0.0639. The standard InChI is InChI=1S/C25H34N4O4S/c1-2-3-4-13-29-24(32)20-10-9-18(23(31)26-16-19-8-7-14-33-19)15-21(20)27-25(29)34-17-22(30)28-11-5-6-12-28/h9-10,15,19H,2-8,11-14,16-17H2,1H3,(H,26,31)/t19-/m1/s1. The number of nitrogens with zero attached hydrogens (tertiary/aromatic N) is 3. The Morgan fingerprint density at radius 2 is 2.03 bits per heavy atom. The van der Waals surface area contributed by atoms with Crippen LogP contribution in [0.5, 0.6) is 0 Å². The number of amides is 2. The summed E-state index contributed by atoms with van der Waals surface area (Å²) in [7, 11) is 0. The van der Waals surface area contributed by atoms with E-state index in [1.54, 1.807) is 22.8 Å². The summed E-state index contributed by atoms with van der Waals surface area (Å²) in [5.74, 6) is 0.136. The van der Waals surface area contributed by atoms with Crippen LogP contribution >= 0.6 is 11.8 Å². The Morgan fingerprint density at radius 1 is 1.21 bits per heavy atom. The largest absolute Gasteiger partial charge is 0.376 e. The minimum atomic E-state index is -0.204. The third kappa shape index (κ3) is 5.99. The lowest BCUT2D eigenvalue weighted by Gasteiger charge is -2.17. The number of fused-ring (bicyclic) bond motifs is 1. The third-order valence-corrected chi connectivity index (χ3v) is 7.43. The van der Waals surface area contributed by atoms with Crippen LogP contribution in [-0.2, 0) is 16.1 Å². The van der Waals surface area contributed by atoms with Crippen molar-refractivity contribution in [2.75, 3.05) is 32.0 Å². The number of aromatic nitrogens is 2. The van der Waals surface area contributed by atoms with Crippen molar-refractivity contribution in [2.24, 2.45) is 0 Å². The van der Waals surface area contributed by atoms with Gasteiger partial charge in [-0.25, -0.2) is 4.98 Å². The Bertz CT molecular complexity index is 1070. The number of thioether (sulfide) groups is 1. The van der Waals surface area contributed by atoms with Gasteiger partial charge in [-0.05, 0) is 50.3 Å². The number of ether oxygens (including phenoxy) is 1. The van der Waals surface area contributed by atoms with Crippen LogP contribution < -0.4 is 10.9 Å². The highest BCUT2D eigenvalue weighted by Crippen LogP contribution is 2.21. The molecule has 1 atom stereocenters. The van der Waals surface area contributed by atoms with Crippen LogP contribution in [-0.4, -0.2) is 64.4 Å². The van der Waals surface area contributed by atoms with Gasteiger partial charge in [0.2, 0.25) is 5.91 Å². The molecule has 2 aliphatic rings. The van der Waals surface area contributed by atoms with Gasteiger partial charge in [0, 0.05) is 38.3 Å². The molecule has 2 saturated heterocycles. The number of carbonyl (C=O) groups is 2. The van der Waals surface area contributed by atoms with Crippen LogP contribution in [0.1, 0.15) is 62.2 Å². The number of nitrogens with one attached hydrogen (secondary N) is 1. The number of rotatable bonds is 10. The summed E-state index contributed by atoms with van der Waals surface area (Å²) in [4.78, 5) is 45.2. The molecule has 0 saturated carbocycles. The molecule has 2 fully saturated rings. The van der Waals surface area contributed by atoms with Gasteiger partial charge in [0.15, 0.2) is 5.16 Å². The van der Waals surface area contributed by atoms with Crippen molar-refractivity contribution in [1.29, 1.82) is 0 Å². The average Bonchev–Trinajstić information content (AvgIpc) is 3.57. The zero-order chi connectivity index (χ0) is 23.9. The van der Waals surface area contributed by atoms with Gasteiger partial charge in [0.25, 0.3) is 11.5 Å². The number of carbonyl (C=O) groups excluding carboxylic acids is 2. The third-order valence-electron chi connectivity index (χ3n) is 6.47. The maximum absolute atomic E-state index is 13.3. The second kappa shape index (κ2) is 11.8. The molecule has 8 nitrogen and oxygen atoms in total. The second-order valence-electron chi connectivity index (χ2n) is 9.01. The first kappa shape index (κ1) is 24.7. The fourth-order valence-electron chi connectivity index (χ4n) is 4.47. The SMILES string of the molecule is CCCCCn1c(SCC(=O)N2CCCC2)nc2cc(C(=O)NC[C@H]3CCCO3)ccc2c1=O. The van der Waals surface area contributed by atoms with E-state index in [1.165, 1.54) is 11.8 Å². The van der Waals surface area contributed by atoms with Gasteiger partial charge >= 0.3 is 0 Å². The van der Waals surface area contributed by atoms with Gasteiger partial charge < -0.3 is 15.0 Å². The van der Waals surface area contributed by atoms with Crippen LogP contribution in [0.25, 0.3) is 10.9 Å². The van der Waals surface area contributed by atoms with Crippen molar-refractivity contribution in [1.82, 2.24) is 19.8 Å². The first-order valence-corrected chi connectivity index (χ1v) is 13.4. The molecule has 2 amide bonds. The highest BCUT2D eigenvalue weighted by Gasteiger charge is 2.21. The van der Waals surface area contributed by atoms with Crippen molar-refractivity contribution in [3.8, 4) is 0 Å². The van der Waals surface area contributed by atoms with Gasteiger partial charge in [-0.15, -0.1) is 0 Å². The average molecular weight is 487 g/mol. The van der Waals surface area contributed by atoms with Crippen molar-refractivity contribution in [2.45, 2.75) is 69.7 Å². The van der Waals surface area contributed by atoms with E-state index in [0.29, 0.717) is 34.7 Å². The van der Waals surface area contributed by atoms with Crippen molar-refractivity contribution < 1.29 is 14.3 Å². The van der Waals surface area contributed by atoms with E-state index >= 15 is 0 Å². The maximum Gasteiger partial charge on any atom is 0.262 e. The van der Waals surface area contributed by atoms with E-state index in [9.17, 15) is 14.4 Å². The number of hydrogen-bond donors (Lipinski definition) is 1. The van der Waals surface area contributed by atoms with E-state index in [1.807, 2.05) is 4.90 Å². The lowest BCUT2D eigenvalue weighted by Crippen LogP contribution is -2.32. The number of benzene rings is 1. The minimum Gasteiger partial charge on any atom is -0.376 e. The summed E-state index contributed by atoms with van der Waals surface area (Å²) in [6.07, 6.45) is 7.07. The zero-order valence-corrected chi connectivity index (χ0v) is 20.7. The van der Waals surface area contributed by atoms with E-state index < -0.39 is 0 Å². The molecular weight excluding hydrogens is 452 g/mol. The lowest BCUT2D eigenvalue weighted by atomic mass is 10.1. The molecule has 184 valence electrons. The summed E-state index contributed by atoms with van der Waals surface area (Å²) in [5, 5.41) is 3.95. The predicted octanol–water partition coefficient (Wildman–Crippen LogP) is 3.21. The molecule has 0 spiro atoms. The monoisotopic (exact) mass is 486 g/mol. The van der Waals surface area contributed by atoms with Gasteiger partial charge in [-0.3, -0.25) is 19.0 Å². The topological polar surface area (TPSA) is 93.5 Å². The van der Waals surface area contributed by atoms with Gasteiger partial charge in [-0.1, -0.05) is 31.5 Å². The van der Waals surface area contributed by atoms with Crippen molar-refractivity contribution in [3.05, 3.63) is 34.1 Å². The maximum atomic E-state index is 13.3. The molecule has 0 bridgehead atoms. The molecule has 34 heavy (non-hydrogen) atoms. The fourth-order valence-corrected chi connectivity index (χ4v) is 5.40. The smallest absolute Gasteiger partial charge is 0.262 e. The summed E-state index contributed by atoms with van der Waals surface area (Å²) in [6, 6.07) is 5.03. The quantitative estimate of drug-likeness (QED) is 0.315. The highest BCUT2D eigenvalue weighted by molar-refractivity contribution is 7.99. The summed E-state index contributed by atoms with van der Waals surface area (Å²) in [5.41, 5.74) is 0.825. The van der Waals surface area contributed by atoms with Crippen LogP contribution in [0, 0.1) is 0 Å². The first-order chi connectivity index (χ1) is 16.6. The Kier molecular flexibility index (Phi) is 8.61. The molecular formula is C25H34N4O4S. The normalized spacial score (nSPS) is 18.0. The van der Waals surface area contributed by atoms with Crippen molar-refractivity contribution >= 4 is 34.5 Å². The van der Waals surface area contributed by atoms with Gasteiger partial charge in [0.1, 0.15) is 0 Å². The molecule has 0 radical (unpaired) electrons. The van der Waals surface area contributed by atoms with E-state index in [0.717, 1.165) is 64.6 Å². The Labute approximate surface area is 204 Å². The molecule has 0 unspecified atom stereocenters. The van der Waals surface area contributed by atoms with E-state index in [2.05, 4.69) is 12.2 Å². The number of likely N-dealkylation sites (tertiary alicyclic amines) is 1. The van der Waals surface area contributed by atoms with Crippen LogP contribution in [0.3, 0.4) is 0 Å². The van der Waals surface area contributed by atoms with Gasteiger partial charge in [-0.2, -0.15) is 0 Å². The predicted molar refractivity (Wildman–Crippen MR) is 133 cm³/mol. The molecule has 1 aromatic heterocycles. The zero-order valence-electron chi connectivity index (χ0n) is 19.9. The van der Waals surface area contributed by atoms with Crippen molar-refractivity contribution in [3.63, 3.8) is 0 Å². The summed E-state index contributed by atoms with van der Waals surface area (Å²) in [6.45, 7) is 5.52. The Hall–Kier alpha value is -2.39. The molecule has 1 N–H and O–H groups in total. The first-order valence-electron chi connectivity index (χ1n) is 12.4. The Morgan fingerprint density at radius 3 is 2.76 bits per heavy atom. The molecule has 1 aromatic carbocycles. The molecule has 2 aliphatic heterocycles.